The lowest BCUT2D eigenvalue weighted by atomic mass is 9.97. The first-order valence-corrected chi connectivity index (χ1v) is 11.0. The predicted octanol–water partition coefficient (Wildman–Crippen LogP) is -6.92. The van der Waals surface area contributed by atoms with Crippen molar-refractivity contribution in [3.63, 3.8) is 0 Å². The first kappa shape index (κ1) is 28.9. The average Bonchev–Trinajstić information content (AvgIpc) is 2.85. The fraction of sp³-hybridized carbons (Fsp3) is 1.00. The third kappa shape index (κ3) is 5.93. The Morgan fingerprint density at radius 2 is 1.03 bits per heavy atom. The minimum absolute atomic E-state index is 0.523. The molecule has 0 aromatic heterocycles. The van der Waals surface area contributed by atoms with Gasteiger partial charge in [-0.25, -0.2) is 0 Å². The van der Waals surface area contributed by atoms with E-state index in [-0.39, 0.29) is 0 Å². The average molecular weight is 518 g/mol. The summed E-state index contributed by atoms with van der Waals surface area (Å²) in [5.74, 6) is 0. The molecule has 3 aliphatic rings. The molecule has 0 unspecified atom stereocenters. The Bertz CT molecular complexity index is 652. The van der Waals surface area contributed by atoms with Crippen molar-refractivity contribution < 1.29 is 79.5 Å². The number of rotatable bonds is 8. The molecule has 16 heteroatoms. The molecular weight excluding hydrogens is 484 g/mol. The Kier molecular flexibility index (Phi) is 10.1. The highest BCUT2D eigenvalue weighted by Crippen LogP contribution is 2.30. The second-order valence-electron chi connectivity index (χ2n) is 8.59. The van der Waals surface area contributed by atoms with Gasteiger partial charge in [-0.05, 0) is 0 Å². The molecule has 0 aromatic carbocycles. The molecule has 3 heterocycles. The third-order valence-electron chi connectivity index (χ3n) is 6.29. The summed E-state index contributed by atoms with van der Waals surface area (Å²) in [6.07, 6.45) is -23.5. The first-order chi connectivity index (χ1) is 16.5. The van der Waals surface area contributed by atoms with Crippen LogP contribution in [0.5, 0.6) is 0 Å². The minimum Gasteiger partial charge on any atom is -0.394 e. The Labute approximate surface area is 199 Å². The maximum absolute atomic E-state index is 10.8. The van der Waals surface area contributed by atoms with E-state index in [4.69, 9.17) is 28.4 Å². The van der Waals surface area contributed by atoms with Gasteiger partial charge in [0.2, 0.25) is 0 Å². The van der Waals surface area contributed by atoms with Crippen molar-refractivity contribution in [3.05, 3.63) is 0 Å². The maximum Gasteiger partial charge on any atom is 0.187 e. The molecule has 3 fully saturated rings. The molecule has 0 aliphatic carbocycles. The highest BCUT2D eigenvalue weighted by atomic mass is 16.7. The summed E-state index contributed by atoms with van der Waals surface area (Å²) in [6, 6.07) is 0. The number of aliphatic hydroxyl groups is 10. The summed E-state index contributed by atoms with van der Waals surface area (Å²) < 4.78 is 31.9. The zero-order valence-electron chi connectivity index (χ0n) is 18.7. The smallest absolute Gasteiger partial charge is 0.187 e. The summed E-state index contributed by atoms with van der Waals surface area (Å²) in [5, 5.41) is 99.9. The van der Waals surface area contributed by atoms with Gasteiger partial charge >= 0.3 is 0 Å². The van der Waals surface area contributed by atoms with E-state index in [2.05, 4.69) is 0 Å². The Balaban J connectivity index is 1.69. The highest BCUT2D eigenvalue weighted by molar-refractivity contribution is 4.95. The molecule has 35 heavy (non-hydrogen) atoms. The lowest BCUT2D eigenvalue weighted by Crippen LogP contribution is -2.65. The number of hydrogen-bond donors (Lipinski definition) is 10. The van der Waals surface area contributed by atoms with E-state index in [9.17, 15) is 51.1 Å². The van der Waals surface area contributed by atoms with Crippen molar-refractivity contribution in [2.75, 3.05) is 26.9 Å². The molecule has 0 bridgehead atoms. The summed E-state index contributed by atoms with van der Waals surface area (Å²) in [5.41, 5.74) is 0. The molecule has 16 nitrogen and oxygen atoms in total. The standard InChI is InChI=1S/C19H34O16/c1-30-17-15(29)16(35-19-14(28)12(26)9(23)6(3-21)33-19)10(24)7(34-17)4-31-18-13(27)11(25)8(22)5(2-20)32-18/h5-29H,2-4H2,1H3/t5-,6-,7-,8+,9+,10+,11-,12-,13+,14+,15+,16-,17-,18-,19+/m0/s1. The van der Waals surface area contributed by atoms with Gasteiger partial charge in [0.05, 0.1) is 19.8 Å². The summed E-state index contributed by atoms with van der Waals surface area (Å²) in [6.45, 7) is -1.93. The van der Waals surface area contributed by atoms with Crippen molar-refractivity contribution in [3.8, 4) is 0 Å². The van der Waals surface area contributed by atoms with Gasteiger partial charge in [0.15, 0.2) is 18.9 Å². The quantitative estimate of drug-likeness (QED) is 0.143. The monoisotopic (exact) mass is 518 g/mol. The van der Waals surface area contributed by atoms with Crippen LogP contribution in [0.2, 0.25) is 0 Å². The van der Waals surface area contributed by atoms with Crippen molar-refractivity contribution in [1.29, 1.82) is 0 Å². The van der Waals surface area contributed by atoms with E-state index >= 15 is 0 Å². The van der Waals surface area contributed by atoms with E-state index in [1.165, 1.54) is 7.11 Å². The number of aliphatic hydroxyl groups excluding tert-OH is 10. The lowest BCUT2D eigenvalue weighted by molar-refractivity contribution is -0.364. The van der Waals surface area contributed by atoms with Crippen LogP contribution in [0.15, 0.2) is 0 Å². The van der Waals surface area contributed by atoms with Crippen molar-refractivity contribution >= 4 is 0 Å². The summed E-state index contributed by atoms with van der Waals surface area (Å²) in [4.78, 5) is 0. The van der Waals surface area contributed by atoms with Crippen LogP contribution in [0.4, 0.5) is 0 Å². The van der Waals surface area contributed by atoms with E-state index < -0.39 is 112 Å². The largest absolute Gasteiger partial charge is 0.394 e. The summed E-state index contributed by atoms with van der Waals surface area (Å²) >= 11 is 0. The van der Waals surface area contributed by atoms with E-state index in [1.807, 2.05) is 0 Å². The summed E-state index contributed by atoms with van der Waals surface area (Å²) in [7, 11) is 1.19. The molecular formula is C19H34O16. The molecule has 0 radical (unpaired) electrons. The molecule has 3 saturated heterocycles. The van der Waals surface area contributed by atoms with E-state index in [0.29, 0.717) is 0 Å². The molecule has 3 aliphatic heterocycles. The molecule has 0 amide bonds. The van der Waals surface area contributed by atoms with Gasteiger partial charge in [-0.2, -0.15) is 0 Å². The van der Waals surface area contributed by atoms with Gasteiger partial charge in [-0.1, -0.05) is 0 Å². The SMILES string of the molecule is CO[C@H]1O[C@@H](CO[C@H]2O[C@@H](CO)[C@@H](O)[C@H](O)[C@H]2O)[C@@H](O)[C@H](O[C@H]2O[C@@H](CO)[C@@H](O)[C@H](O)[C@H]2O)[C@H]1O. The topological polar surface area (TPSA) is 258 Å². The van der Waals surface area contributed by atoms with Gasteiger partial charge in [-0.15, -0.1) is 0 Å². The molecule has 0 spiro atoms. The fourth-order valence-corrected chi connectivity index (χ4v) is 4.13. The van der Waals surface area contributed by atoms with Crippen molar-refractivity contribution in [2.24, 2.45) is 0 Å². The zero-order chi connectivity index (χ0) is 26.0. The lowest BCUT2D eigenvalue weighted by Gasteiger charge is -2.46. The van der Waals surface area contributed by atoms with Crippen LogP contribution in [0.25, 0.3) is 0 Å². The van der Waals surface area contributed by atoms with Crippen molar-refractivity contribution in [2.45, 2.75) is 92.1 Å². The van der Waals surface area contributed by atoms with Gasteiger partial charge in [0.25, 0.3) is 0 Å². The van der Waals surface area contributed by atoms with Gasteiger partial charge in [0, 0.05) is 7.11 Å². The van der Waals surface area contributed by atoms with E-state index in [1.54, 1.807) is 0 Å². The Morgan fingerprint density at radius 3 is 1.54 bits per heavy atom. The molecule has 15 atom stereocenters. The van der Waals surface area contributed by atoms with Crippen LogP contribution in [0.3, 0.4) is 0 Å². The van der Waals surface area contributed by atoms with Crippen LogP contribution in [0, 0.1) is 0 Å². The first-order valence-electron chi connectivity index (χ1n) is 11.0. The normalized spacial score (nSPS) is 51.3. The second kappa shape index (κ2) is 12.3. The molecule has 3 rings (SSSR count). The van der Waals surface area contributed by atoms with E-state index in [0.717, 1.165) is 0 Å². The van der Waals surface area contributed by atoms with Gasteiger partial charge in [0.1, 0.15) is 73.2 Å². The highest BCUT2D eigenvalue weighted by Gasteiger charge is 2.51. The molecule has 10 N–H and O–H groups in total. The van der Waals surface area contributed by atoms with Gasteiger partial charge in [-0.3, -0.25) is 0 Å². The number of methoxy groups -OCH3 is 1. The van der Waals surface area contributed by atoms with Crippen LogP contribution < -0.4 is 0 Å². The Hall–Kier alpha value is -0.640. The Morgan fingerprint density at radius 1 is 0.543 bits per heavy atom. The van der Waals surface area contributed by atoms with Crippen molar-refractivity contribution in [1.82, 2.24) is 0 Å². The minimum atomic E-state index is -1.81. The zero-order valence-corrected chi connectivity index (χ0v) is 18.7. The molecule has 0 saturated carbocycles. The molecule has 0 aromatic rings. The number of ether oxygens (including phenoxy) is 6. The predicted molar refractivity (Wildman–Crippen MR) is 106 cm³/mol. The maximum atomic E-state index is 10.8. The van der Waals surface area contributed by atoms with Gasteiger partial charge < -0.3 is 79.5 Å². The molecule has 206 valence electrons. The second-order valence-corrected chi connectivity index (χ2v) is 8.59. The third-order valence-corrected chi connectivity index (χ3v) is 6.29. The fourth-order valence-electron chi connectivity index (χ4n) is 4.13. The van der Waals surface area contributed by atoms with Crippen LogP contribution >= 0.6 is 0 Å². The van der Waals surface area contributed by atoms with Crippen LogP contribution in [0.1, 0.15) is 0 Å². The van der Waals surface area contributed by atoms with Crippen LogP contribution in [-0.4, -0.2) is 170 Å². The van der Waals surface area contributed by atoms with Crippen LogP contribution in [-0.2, 0) is 28.4 Å². The number of hydrogen-bond acceptors (Lipinski definition) is 16.